The fraction of sp³-hybridized carbons (Fsp3) is 1.00. The Morgan fingerprint density at radius 2 is 2.06 bits per heavy atom. The zero-order chi connectivity index (χ0) is 11.9. The fourth-order valence-electron chi connectivity index (χ4n) is 2.93. The summed E-state index contributed by atoms with van der Waals surface area (Å²) in [6, 6.07) is 0.784. The van der Waals surface area contributed by atoms with Crippen LogP contribution in [-0.2, 0) is 4.74 Å². The number of ether oxygens (including phenoxy) is 1. The fourth-order valence-corrected chi connectivity index (χ4v) is 3.88. The first kappa shape index (κ1) is 13.7. The third-order valence-electron chi connectivity index (χ3n) is 4.09. The van der Waals surface area contributed by atoms with E-state index in [0.29, 0.717) is 6.10 Å². The van der Waals surface area contributed by atoms with Gasteiger partial charge in [0.2, 0.25) is 0 Å². The maximum absolute atomic E-state index is 5.63. The van der Waals surface area contributed by atoms with E-state index in [1.165, 1.54) is 56.6 Å². The summed E-state index contributed by atoms with van der Waals surface area (Å²) < 4.78 is 5.63. The molecule has 2 nitrogen and oxygen atoms in total. The van der Waals surface area contributed by atoms with Crippen molar-refractivity contribution in [1.82, 2.24) is 5.32 Å². The van der Waals surface area contributed by atoms with Gasteiger partial charge in [0, 0.05) is 30.7 Å². The minimum Gasteiger partial charge on any atom is -0.377 e. The minimum absolute atomic E-state index is 0.550. The van der Waals surface area contributed by atoms with Crippen LogP contribution < -0.4 is 5.32 Å². The molecule has 2 aliphatic rings. The SMILES string of the molecule is CC1CCCCC1NCCSCC1CCCO1. The number of nitrogens with one attached hydrogen (secondary N) is 1. The van der Waals surface area contributed by atoms with Crippen molar-refractivity contribution >= 4 is 11.8 Å². The van der Waals surface area contributed by atoms with Gasteiger partial charge in [-0.25, -0.2) is 0 Å². The topological polar surface area (TPSA) is 21.3 Å². The van der Waals surface area contributed by atoms with Crippen molar-refractivity contribution in [1.29, 1.82) is 0 Å². The van der Waals surface area contributed by atoms with Crippen LogP contribution in [0.4, 0.5) is 0 Å². The molecular weight excluding hydrogens is 230 g/mol. The van der Waals surface area contributed by atoms with Crippen molar-refractivity contribution in [2.45, 2.75) is 57.6 Å². The maximum Gasteiger partial charge on any atom is 0.0666 e. The molecule has 2 rings (SSSR count). The smallest absolute Gasteiger partial charge is 0.0666 e. The van der Waals surface area contributed by atoms with Gasteiger partial charge in [-0.1, -0.05) is 19.8 Å². The quantitative estimate of drug-likeness (QED) is 0.739. The zero-order valence-corrected chi connectivity index (χ0v) is 11.9. The molecule has 0 aromatic heterocycles. The summed E-state index contributed by atoms with van der Waals surface area (Å²) in [7, 11) is 0. The summed E-state index contributed by atoms with van der Waals surface area (Å²) in [6.07, 6.45) is 8.76. The van der Waals surface area contributed by atoms with Crippen LogP contribution in [0.15, 0.2) is 0 Å². The molecule has 1 saturated heterocycles. The highest BCUT2D eigenvalue weighted by Crippen LogP contribution is 2.23. The lowest BCUT2D eigenvalue weighted by atomic mass is 9.86. The van der Waals surface area contributed by atoms with Crippen LogP contribution in [0, 0.1) is 5.92 Å². The van der Waals surface area contributed by atoms with Gasteiger partial charge in [0.25, 0.3) is 0 Å². The molecule has 3 atom stereocenters. The normalized spacial score (nSPS) is 34.1. The standard InChI is InChI=1S/C14H27NOS/c1-12-5-2-3-7-14(12)15-8-10-17-11-13-6-4-9-16-13/h12-15H,2-11H2,1H3. The molecule has 0 aromatic rings. The maximum atomic E-state index is 5.63. The van der Waals surface area contributed by atoms with Gasteiger partial charge in [-0.2, -0.15) is 11.8 Å². The largest absolute Gasteiger partial charge is 0.377 e. The van der Waals surface area contributed by atoms with Crippen molar-refractivity contribution in [2.24, 2.45) is 5.92 Å². The minimum atomic E-state index is 0.550. The molecule has 100 valence electrons. The Morgan fingerprint density at radius 1 is 1.18 bits per heavy atom. The van der Waals surface area contributed by atoms with Crippen molar-refractivity contribution in [3.63, 3.8) is 0 Å². The lowest BCUT2D eigenvalue weighted by Gasteiger charge is -2.29. The predicted octanol–water partition coefficient (Wildman–Crippen LogP) is 3.07. The first-order chi connectivity index (χ1) is 8.36. The van der Waals surface area contributed by atoms with Crippen LogP contribution in [-0.4, -0.2) is 36.8 Å². The third kappa shape index (κ3) is 4.80. The highest BCUT2D eigenvalue weighted by Gasteiger charge is 2.20. The van der Waals surface area contributed by atoms with E-state index in [1.54, 1.807) is 0 Å². The molecule has 0 aromatic carbocycles. The van der Waals surface area contributed by atoms with Crippen molar-refractivity contribution < 1.29 is 4.74 Å². The first-order valence-electron chi connectivity index (χ1n) is 7.29. The monoisotopic (exact) mass is 257 g/mol. The van der Waals surface area contributed by atoms with E-state index in [0.717, 1.165) is 18.6 Å². The van der Waals surface area contributed by atoms with Crippen molar-refractivity contribution in [3.8, 4) is 0 Å². The van der Waals surface area contributed by atoms with Gasteiger partial charge in [0.15, 0.2) is 0 Å². The molecule has 0 radical (unpaired) electrons. The van der Waals surface area contributed by atoms with Gasteiger partial charge in [-0.05, 0) is 31.6 Å². The summed E-state index contributed by atoms with van der Waals surface area (Å²) >= 11 is 2.05. The van der Waals surface area contributed by atoms with Crippen LogP contribution in [0.5, 0.6) is 0 Å². The molecule has 1 aliphatic heterocycles. The lowest BCUT2D eigenvalue weighted by molar-refractivity contribution is 0.129. The predicted molar refractivity (Wildman–Crippen MR) is 75.7 cm³/mol. The van der Waals surface area contributed by atoms with E-state index in [1.807, 2.05) is 0 Å². The van der Waals surface area contributed by atoms with Crippen LogP contribution in [0.1, 0.15) is 45.4 Å². The molecule has 1 N–H and O–H groups in total. The molecule has 0 bridgehead atoms. The summed E-state index contributed by atoms with van der Waals surface area (Å²) in [5, 5.41) is 3.74. The van der Waals surface area contributed by atoms with Crippen LogP contribution in [0.25, 0.3) is 0 Å². The average Bonchev–Trinajstić information content (AvgIpc) is 2.84. The zero-order valence-electron chi connectivity index (χ0n) is 11.1. The Kier molecular flexibility index (Phi) is 6.16. The molecule has 1 aliphatic carbocycles. The Balaban J connectivity index is 1.47. The second kappa shape index (κ2) is 7.65. The van der Waals surface area contributed by atoms with Crippen LogP contribution >= 0.6 is 11.8 Å². The number of rotatable bonds is 6. The van der Waals surface area contributed by atoms with E-state index >= 15 is 0 Å². The van der Waals surface area contributed by atoms with Crippen molar-refractivity contribution in [3.05, 3.63) is 0 Å². The molecule has 0 spiro atoms. The number of thioether (sulfide) groups is 1. The summed E-state index contributed by atoms with van der Waals surface area (Å²) in [6.45, 7) is 4.56. The molecule has 1 saturated carbocycles. The van der Waals surface area contributed by atoms with Gasteiger partial charge in [-0.15, -0.1) is 0 Å². The summed E-state index contributed by atoms with van der Waals surface area (Å²) in [4.78, 5) is 0. The highest BCUT2D eigenvalue weighted by atomic mass is 32.2. The van der Waals surface area contributed by atoms with E-state index in [2.05, 4.69) is 24.0 Å². The molecule has 1 heterocycles. The first-order valence-corrected chi connectivity index (χ1v) is 8.44. The second-order valence-corrected chi connectivity index (χ2v) is 6.68. The van der Waals surface area contributed by atoms with Gasteiger partial charge < -0.3 is 10.1 Å². The Hall–Kier alpha value is 0.270. The second-order valence-electron chi connectivity index (χ2n) is 5.53. The summed E-state index contributed by atoms with van der Waals surface area (Å²) in [5.74, 6) is 3.32. The van der Waals surface area contributed by atoms with E-state index in [9.17, 15) is 0 Å². The molecule has 17 heavy (non-hydrogen) atoms. The van der Waals surface area contributed by atoms with E-state index in [-0.39, 0.29) is 0 Å². The van der Waals surface area contributed by atoms with Gasteiger partial charge >= 0.3 is 0 Å². The van der Waals surface area contributed by atoms with Crippen molar-refractivity contribution in [2.75, 3.05) is 24.7 Å². The Morgan fingerprint density at radius 3 is 2.82 bits per heavy atom. The Bertz CT molecular complexity index is 206. The van der Waals surface area contributed by atoms with Crippen LogP contribution in [0.3, 0.4) is 0 Å². The molecule has 2 fully saturated rings. The number of hydrogen-bond donors (Lipinski definition) is 1. The van der Waals surface area contributed by atoms with Gasteiger partial charge in [0.05, 0.1) is 6.10 Å². The number of hydrogen-bond acceptors (Lipinski definition) is 3. The molecule has 3 unspecified atom stereocenters. The Labute approximate surface area is 110 Å². The lowest BCUT2D eigenvalue weighted by Crippen LogP contribution is -2.38. The van der Waals surface area contributed by atoms with Crippen LogP contribution in [0.2, 0.25) is 0 Å². The van der Waals surface area contributed by atoms with Gasteiger partial charge in [0.1, 0.15) is 0 Å². The molecular formula is C14H27NOS. The molecule has 3 heteroatoms. The highest BCUT2D eigenvalue weighted by molar-refractivity contribution is 7.99. The van der Waals surface area contributed by atoms with E-state index < -0.39 is 0 Å². The average molecular weight is 257 g/mol. The van der Waals surface area contributed by atoms with Gasteiger partial charge in [-0.3, -0.25) is 0 Å². The van der Waals surface area contributed by atoms with E-state index in [4.69, 9.17) is 4.74 Å². The summed E-state index contributed by atoms with van der Waals surface area (Å²) in [5.41, 5.74) is 0. The molecule has 0 amide bonds. The third-order valence-corrected chi connectivity index (χ3v) is 5.19.